The molecule has 21 nitrogen and oxygen atoms in total. The Morgan fingerprint density at radius 1 is 1.19 bits per heavy atom. The fourth-order valence-electron chi connectivity index (χ4n) is 5.53. The molecule has 2 aliphatic rings. The largest absolute Gasteiger partial charge is 0.695 e. The fourth-order valence-corrected chi connectivity index (χ4v) is 9.05. The minimum atomic E-state index is -4.28. The van der Waals surface area contributed by atoms with Gasteiger partial charge in [0.2, 0.25) is 5.95 Å². The first-order valence-electron chi connectivity index (χ1n) is 13.6. The second-order valence-electron chi connectivity index (χ2n) is 10.7. The van der Waals surface area contributed by atoms with Gasteiger partial charge in [-0.1, -0.05) is 0 Å². The van der Waals surface area contributed by atoms with Gasteiger partial charge in [-0.05, 0) is 18.7 Å². The van der Waals surface area contributed by atoms with E-state index in [4.69, 9.17) is 46.3 Å². The Morgan fingerprint density at radius 3 is 2.62 bits per heavy atom. The number of rotatable bonds is 11. The maximum atomic E-state index is 12.3. The van der Waals surface area contributed by atoms with Crippen LogP contribution in [0.25, 0.3) is 22.3 Å². The molecule has 47 heavy (non-hydrogen) atoms. The lowest BCUT2D eigenvalue weighted by molar-refractivity contribution is -0.111. The van der Waals surface area contributed by atoms with Gasteiger partial charge in [0.25, 0.3) is 5.56 Å². The van der Waals surface area contributed by atoms with Crippen molar-refractivity contribution in [2.24, 2.45) is 0 Å². The second-order valence-corrected chi connectivity index (χ2v) is 15.5. The topological polar surface area (TPSA) is 303 Å². The van der Waals surface area contributed by atoms with Crippen molar-refractivity contribution in [2.45, 2.75) is 53.8 Å². The van der Waals surface area contributed by atoms with Crippen molar-refractivity contribution in [1.29, 1.82) is 0 Å². The molecular weight excluding hydrogens is 706 g/mol. The molecule has 0 aliphatic carbocycles. The minimum Gasteiger partial charge on any atom is -0.395 e. The number of aromatic amines is 1. The van der Waals surface area contributed by atoms with Gasteiger partial charge in [-0.3, -0.25) is 23.4 Å². The normalized spacial score (nSPS) is 31.1. The third-order valence-corrected chi connectivity index (χ3v) is 11.2. The summed E-state index contributed by atoms with van der Waals surface area (Å²) in [6.45, 7) is -3.82. The van der Waals surface area contributed by atoms with Crippen LogP contribution in [-0.4, -0.2) is 115 Å². The highest BCUT2D eigenvalue weighted by Crippen LogP contribution is 2.55. The predicted octanol–water partition coefficient (Wildman–Crippen LogP) is -0.953. The average molecular weight is 736 g/mol. The number of thioether (sulfide) groups is 1. The molecule has 254 valence electrons. The molecule has 2 fully saturated rings. The molecule has 25 heteroatoms. The van der Waals surface area contributed by atoms with Crippen LogP contribution in [0.3, 0.4) is 0 Å². The lowest BCUT2D eigenvalue weighted by Crippen LogP contribution is -2.45. The van der Waals surface area contributed by atoms with Gasteiger partial charge in [-0.15, -0.1) is 21.2 Å². The van der Waals surface area contributed by atoms with E-state index >= 15 is 0 Å². The number of nitrogen functional groups attached to an aromatic ring is 2. The van der Waals surface area contributed by atoms with E-state index in [9.17, 15) is 29.4 Å². The van der Waals surface area contributed by atoms with E-state index in [0.29, 0.717) is 0 Å². The summed E-state index contributed by atoms with van der Waals surface area (Å²) in [6.07, 6.45) is -2.15. The van der Waals surface area contributed by atoms with E-state index < -0.39 is 80.6 Å². The van der Waals surface area contributed by atoms with E-state index in [1.54, 1.807) is 0 Å². The van der Waals surface area contributed by atoms with Gasteiger partial charge < -0.3 is 40.6 Å². The molecular formula is C22H29N10O11P2S2+. The van der Waals surface area contributed by atoms with Crippen LogP contribution in [-0.2, 0) is 39.4 Å². The van der Waals surface area contributed by atoms with Crippen LogP contribution in [0.15, 0.2) is 23.8 Å². The highest BCUT2D eigenvalue weighted by molar-refractivity contribution is 8.07. The van der Waals surface area contributed by atoms with Gasteiger partial charge in [0.1, 0.15) is 35.0 Å². The quantitative estimate of drug-likeness (QED) is 0.0913. The van der Waals surface area contributed by atoms with Crippen molar-refractivity contribution in [3.63, 3.8) is 0 Å². The summed E-state index contributed by atoms with van der Waals surface area (Å²) < 4.78 is 43.6. The average Bonchev–Trinajstić information content (AvgIpc) is 3.76. The summed E-state index contributed by atoms with van der Waals surface area (Å²) in [6, 6.07) is 0. The molecule has 0 bridgehead atoms. The number of imidazole rings is 2. The zero-order chi connectivity index (χ0) is 33.8. The molecule has 3 unspecified atom stereocenters. The first-order chi connectivity index (χ1) is 22.3. The van der Waals surface area contributed by atoms with Crippen LogP contribution in [0.1, 0.15) is 18.5 Å². The summed E-state index contributed by atoms with van der Waals surface area (Å²) >= 11 is 6.39. The van der Waals surface area contributed by atoms with Crippen LogP contribution >= 0.6 is 26.7 Å². The highest BCUT2D eigenvalue weighted by Gasteiger charge is 2.59. The number of fused-ring (bicyclic) bond motifs is 2. The molecule has 2 saturated heterocycles. The summed E-state index contributed by atoms with van der Waals surface area (Å²) in [5, 5.41) is 19.3. The molecule has 6 rings (SSSR count). The molecule has 0 radical (unpaired) electrons. The van der Waals surface area contributed by atoms with Gasteiger partial charge in [-0.25, -0.2) is 19.9 Å². The van der Waals surface area contributed by atoms with Crippen molar-refractivity contribution < 1.29 is 47.6 Å². The molecule has 10 atom stereocenters. The number of aromatic nitrogens is 8. The van der Waals surface area contributed by atoms with Gasteiger partial charge in [0.05, 0.1) is 37.2 Å². The lowest BCUT2D eigenvalue weighted by atomic mass is 9.98. The van der Waals surface area contributed by atoms with Crippen molar-refractivity contribution in [2.75, 3.05) is 31.8 Å². The SMILES string of the molecule is CO[C@H]1[C@H](n2cnc3c(N)ncnc32)OC(C)(COP(O)(=S)O[C@@H]2[C@H](O)[C@@H](CO)S[C@H]2n2cnc3c(=O)[nH]c(N)nc32)[C@H]1O[P+](=O)O. The third-order valence-electron chi connectivity index (χ3n) is 7.70. The van der Waals surface area contributed by atoms with E-state index in [1.165, 1.54) is 42.1 Å². The number of ether oxygens (including phenoxy) is 2. The summed E-state index contributed by atoms with van der Waals surface area (Å²) in [5.74, 6) is -0.0713. The van der Waals surface area contributed by atoms with E-state index in [0.717, 1.165) is 11.8 Å². The van der Waals surface area contributed by atoms with Crippen LogP contribution in [0, 0.1) is 0 Å². The van der Waals surface area contributed by atoms with Crippen LogP contribution < -0.4 is 17.0 Å². The van der Waals surface area contributed by atoms with Gasteiger partial charge >= 0.3 is 15.0 Å². The minimum absolute atomic E-state index is 0.0400. The molecule has 6 heterocycles. The van der Waals surface area contributed by atoms with Crippen molar-refractivity contribution in [3.8, 4) is 0 Å². The number of H-pyrrole nitrogens is 1. The van der Waals surface area contributed by atoms with Gasteiger partial charge in [0, 0.05) is 11.7 Å². The predicted molar refractivity (Wildman–Crippen MR) is 167 cm³/mol. The number of nitrogens with zero attached hydrogens (tertiary/aromatic N) is 7. The molecule has 2 aliphatic heterocycles. The Hall–Kier alpha value is -2.76. The standard InChI is InChI=1S/C22H28N10O11P2S2/c1-22(14(42-44(36)37)13(39-2)19(41-22)31-6-27-9-15(23)25-5-26-16(9)31)4-40-45(38,46)43-12-11(34)8(3-33)47-20(12)32-7-28-10-17(32)29-21(24)30-18(10)35/h5-8,11-14,19-20,33-34H,3-4H2,1-2H3,(H6-,23,24,25,26,29,30,35,36,37,38,46)/p+1/t8-,11-,12-,13-,14+,19-,20-,22?,45?/m1/s1. The number of nitrogens with one attached hydrogen (secondary N) is 1. The summed E-state index contributed by atoms with van der Waals surface area (Å²) in [7, 11) is -1.85. The van der Waals surface area contributed by atoms with E-state index in [-0.39, 0.29) is 34.1 Å². The number of hydrogen-bond donors (Lipinski definition) is 7. The Labute approximate surface area is 273 Å². The first kappa shape index (κ1) is 34.1. The maximum absolute atomic E-state index is 12.3. The Balaban J connectivity index is 1.27. The van der Waals surface area contributed by atoms with Gasteiger partial charge in [-0.2, -0.15) is 4.98 Å². The molecule has 4 aromatic heterocycles. The zero-order valence-electron chi connectivity index (χ0n) is 24.3. The van der Waals surface area contributed by atoms with Crippen LogP contribution in [0.5, 0.6) is 0 Å². The summed E-state index contributed by atoms with van der Waals surface area (Å²) in [5.41, 5.74) is 10.0. The number of aliphatic hydroxyl groups is 2. The van der Waals surface area contributed by atoms with Crippen molar-refractivity contribution >= 4 is 72.6 Å². The molecule has 0 spiro atoms. The Bertz CT molecular complexity index is 1930. The van der Waals surface area contributed by atoms with Crippen LogP contribution in [0.2, 0.25) is 0 Å². The number of hydrogen-bond acceptors (Lipinski definition) is 18. The monoisotopic (exact) mass is 735 g/mol. The Morgan fingerprint density at radius 2 is 1.91 bits per heavy atom. The third kappa shape index (κ3) is 6.28. The molecule has 0 aromatic carbocycles. The number of anilines is 2. The lowest BCUT2D eigenvalue weighted by Gasteiger charge is -2.31. The first-order valence-corrected chi connectivity index (χ1v) is 18.2. The molecule has 4 aromatic rings. The summed E-state index contributed by atoms with van der Waals surface area (Å²) in [4.78, 5) is 56.2. The molecule has 0 amide bonds. The van der Waals surface area contributed by atoms with Crippen molar-refractivity contribution in [3.05, 3.63) is 29.3 Å². The number of methoxy groups -OCH3 is 1. The fraction of sp³-hybridized carbons (Fsp3) is 0.545. The molecule has 0 saturated carbocycles. The highest BCUT2D eigenvalue weighted by atomic mass is 32.5. The van der Waals surface area contributed by atoms with E-state index in [2.05, 4.69) is 29.9 Å². The van der Waals surface area contributed by atoms with Crippen LogP contribution in [0.4, 0.5) is 11.8 Å². The zero-order valence-corrected chi connectivity index (χ0v) is 27.8. The van der Waals surface area contributed by atoms with E-state index in [1.807, 2.05) is 0 Å². The molecule has 9 N–H and O–H groups in total. The number of nitrogens with two attached hydrogens (primary N) is 2. The smallest absolute Gasteiger partial charge is 0.395 e. The van der Waals surface area contributed by atoms with Crippen molar-refractivity contribution in [1.82, 2.24) is 39.0 Å². The van der Waals surface area contributed by atoms with Gasteiger partial charge in [0.15, 0.2) is 35.0 Å². The second kappa shape index (κ2) is 12.9. The number of aliphatic hydroxyl groups excluding tert-OH is 2. The maximum Gasteiger partial charge on any atom is 0.695 e. The Kier molecular flexibility index (Phi) is 9.39.